The SMILES string of the molecule is C=C(/C=C\C(OC)=C(C)C)C1CCC(CN(C(=O)C2CCC(C(=O)NCCO)CC2)c2cccc(-c3cnc(OC)s3)c2)CC1. The molecule has 1 aromatic heterocycles. The first-order valence-corrected chi connectivity index (χ1v) is 16.9. The fourth-order valence-corrected chi connectivity index (χ4v) is 7.24. The summed E-state index contributed by atoms with van der Waals surface area (Å²) in [5.74, 6) is 1.59. The van der Waals surface area contributed by atoms with Gasteiger partial charge in [0.15, 0.2) is 0 Å². The van der Waals surface area contributed by atoms with E-state index in [9.17, 15) is 9.59 Å². The molecule has 2 fully saturated rings. The molecule has 45 heavy (non-hydrogen) atoms. The molecule has 2 aromatic rings. The Morgan fingerprint density at radius 2 is 1.73 bits per heavy atom. The number of rotatable bonds is 13. The largest absolute Gasteiger partial charge is 0.497 e. The number of nitrogens with zero attached hydrogens (tertiary/aromatic N) is 2. The number of hydrogen-bond donors (Lipinski definition) is 2. The van der Waals surface area contributed by atoms with Crippen molar-refractivity contribution in [3.8, 4) is 15.6 Å². The van der Waals surface area contributed by atoms with Crippen LogP contribution in [0.4, 0.5) is 5.69 Å². The zero-order chi connectivity index (χ0) is 32.3. The second-order valence-electron chi connectivity index (χ2n) is 12.5. The molecular weight excluding hydrogens is 586 g/mol. The van der Waals surface area contributed by atoms with Gasteiger partial charge in [-0.15, -0.1) is 0 Å². The summed E-state index contributed by atoms with van der Waals surface area (Å²) in [5, 5.41) is 12.5. The van der Waals surface area contributed by atoms with Crippen LogP contribution < -0.4 is 15.0 Å². The van der Waals surface area contributed by atoms with Gasteiger partial charge in [-0.2, -0.15) is 0 Å². The number of aromatic nitrogens is 1. The van der Waals surface area contributed by atoms with Crippen LogP contribution in [-0.4, -0.2) is 55.8 Å². The summed E-state index contributed by atoms with van der Waals surface area (Å²) in [6.45, 7) is 9.31. The number of aliphatic hydroxyl groups excluding tert-OH is 1. The topological polar surface area (TPSA) is 101 Å². The van der Waals surface area contributed by atoms with Gasteiger partial charge in [0.1, 0.15) is 5.76 Å². The Morgan fingerprint density at radius 3 is 2.36 bits per heavy atom. The number of hydrogen-bond acceptors (Lipinski definition) is 7. The molecule has 4 rings (SSSR count). The lowest BCUT2D eigenvalue weighted by Crippen LogP contribution is -2.42. The normalized spacial score (nSPS) is 21.6. The Balaban J connectivity index is 1.47. The predicted octanol–water partition coefficient (Wildman–Crippen LogP) is 6.93. The molecule has 1 aromatic carbocycles. The first-order chi connectivity index (χ1) is 21.7. The summed E-state index contributed by atoms with van der Waals surface area (Å²) < 4.78 is 10.8. The van der Waals surface area contributed by atoms with Gasteiger partial charge in [-0.05, 0) is 106 Å². The van der Waals surface area contributed by atoms with E-state index in [1.165, 1.54) is 11.3 Å². The molecule has 0 spiro atoms. The van der Waals surface area contributed by atoms with Gasteiger partial charge in [0.05, 0.1) is 25.7 Å². The zero-order valence-electron chi connectivity index (χ0n) is 27.2. The fraction of sp³-hybridized carbons (Fsp3) is 0.528. The number of ether oxygens (including phenoxy) is 2. The van der Waals surface area contributed by atoms with Crippen LogP contribution in [0, 0.1) is 23.7 Å². The van der Waals surface area contributed by atoms with E-state index in [1.54, 1.807) is 14.2 Å². The number of thiazole rings is 1. The first kappa shape index (κ1) is 34.4. The number of carbonyl (C=O) groups is 2. The van der Waals surface area contributed by atoms with Crippen molar-refractivity contribution in [2.45, 2.75) is 65.2 Å². The fourth-order valence-electron chi connectivity index (χ4n) is 6.51. The van der Waals surface area contributed by atoms with Gasteiger partial charge in [0.2, 0.25) is 11.8 Å². The van der Waals surface area contributed by atoms with Gasteiger partial charge >= 0.3 is 0 Å². The van der Waals surface area contributed by atoms with Crippen molar-refractivity contribution in [2.24, 2.45) is 23.7 Å². The number of methoxy groups -OCH3 is 2. The molecule has 2 amide bonds. The second kappa shape index (κ2) is 16.8. The van der Waals surface area contributed by atoms with Crippen molar-refractivity contribution in [1.29, 1.82) is 0 Å². The maximum absolute atomic E-state index is 14.2. The van der Waals surface area contributed by atoms with E-state index in [-0.39, 0.29) is 36.8 Å². The molecule has 2 saturated carbocycles. The number of benzene rings is 1. The van der Waals surface area contributed by atoms with Crippen LogP contribution in [-0.2, 0) is 14.3 Å². The molecule has 9 heteroatoms. The van der Waals surface area contributed by atoms with E-state index in [4.69, 9.17) is 14.6 Å². The number of nitrogens with one attached hydrogen (secondary N) is 1. The van der Waals surface area contributed by atoms with E-state index >= 15 is 0 Å². The van der Waals surface area contributed by atoms with Gasteiger partial charge in [-0.25, -0.2) is 4.98 Å². The van der Waals surface area contributed by atoms with Crippen LogP contribution in [0.5, 0.6) is 5.19 Å². The summed E-state index contributed by atoms with van der Waals surface area (Å²) in [6, 6.07) is 8.17. The Morgan fingerprint density at radius 1 is 1.04 bits per heavy atom. The molecular formula is C36H49N3O5S. The Bertz CT molecular complexity index is 1360. The highest BCUT2D eigenvalue weighted by atomic mass is 32.1. The monoisotopic (exact) mass is 635 g/mol. The molecule has 2 N–H and O–H groups in total. The molecule has 0 unspecified atom stereocenters. The third-order valence-electron chi connectivity index (χ3n) is 9.20. The lowest BCUT2D eigenvalue weighted by Gasteiger charge is -2.36. The van der Waals surface area contributed by atoms with Crippen molar-refractivity contribution >= 4 is 28.8 Å². The second-order valence-corrected chi connectivity index (χ2v) is 13.4. The van der Waals surface area contributed by atoms with Crippen LogP contribution in [0.3, 0.4) is 0 Å². The minimum Gasteiger partial charge on any atom is -0.497 e. The van der Waals surface area contributed by atoms with Crippen LogP contribution in [0.15, 0.2) is 66.1 Å². The lowest BCUT2D eigenvalue weighted by atomic mass is 9.78. The number of anilines is 1. The Kier molecular flexibility index (Phi) is 12.8. The third kappa shape index (κ3) is 9.30. The van der Waals surface area contributed by atoms with Crippen LogP contribution in [0.1, 0.15) is 65.2 Å². The standard InChI is InChI=1S/C36H49N3O5S/c1-24(2)32(43-4)18-9-25(3)27-12-10-26(11-13-27)23-39(31-8-6-7-30(21-31)33-22-38-36(44-5)45-33)35(42)29-16-14-28(15-17-29)34(41)37-19-20-40/h6-9,18,21-22,26-29,40H,3,10-17,19-20,23H2,1-2,4-5H3,(H,37,41)/b18-9-. The average Bonchev–Trinajstić information content (AvgIpc) is 3.56. The van der Waals surface area contributed by atoms with Crippen LogP contribution in [0.2, 0.25) is 0 Å². The smallest absolute Gasteiger partial charge is 0.273 e. The highest BCUT2D eigenvalue weighted by molar-refractivity contribution is 7.16. The van der Waals surface area contributed by atoms with Gasteiger partial charge < -0.3 is 24.8 Å². The average molecular weight is 636 g/mol. The van der Waals surface area contributed by atoms with E-state index in [2.05, 4.69) is 29.0 Å². The van der Waals surface area contributed by atoms with E-state index in [0.717, 1.165) is 58.7 Å². The summed E-state index contributed by atoms with van der Waals surface area (Å²) in [6.07, 6.45) is 12.8. The van der Waals surface area contributed by atoms with Crippen molar-refractivity contribution in [1.82, 2.24) is 10.3 Å². The summed E-state index contributed by atoms with van der Waals surface area (Å²) in [4.78, 5) is 34.1. The van der Waals surface area contributed by atoms with Gasteiger partial charge in [-0.3, -0.25) is 9.59 Å². The van der Waals surface area contributed by atoms with Gasteiger partial charge in [0, 0.05) is 36.8 Å². The third-order valence-corrected chi connectivity index (χ3v) is 10.2. The molecule has 2 aliphatic carbocycles. The maximum Gasteiger partial charge on any atom is 0.273 e. The molecule has 244 valence electrons. The van der Waals surface area contributed by atoms with E-state index < -0.39 is 0 Å². The van der Waals surface area contributed by atoms with Crippen LogP contribution in [0.25, 0.3) is 10.4 Å². The molecule has 2 aliphatic rings. The van der Waals surface area contributed by atoms with Crippen molar-refractivity contribution in [3.05, 3.63) is 66.1 Å². The maximum atomic E-state index is 14.2. The molecule has 8 nitrogen and oxygen atoms in total. The number of carbonyl (C=O) groups excluding carboxylic acids is 2. The molecule has 0 saturated heterocycles. The van der Waals surface area contributed by atoms with Crippen LogP contribution >= 0.6 is 11.3 Å². The van der Waals surface area contributed by atoms with E-state index in [1.807, 2.05) is 49.2 Å². The molecule has 0 atom stereocenters. The predicted molar refractivity (Wildman–Crippen MR) is 181 cm³/mol. The number of aliphatic hydroxyl groups is 1. The van der Waals surface area contributed by atoms with E-state index in [0.29, 0.717) is 49.3 Å². The van der Waals surface area contributed by atoms with Crippen molar-refractivity contribution < 1.29 is 24.2 Å². The highest BCUT2D eigenvalue weighted by Crippen LogP contribution is 2.38. The number of amides is 2. The zero-order valence-corrected chi connectivity index (χ0v) is 28.0. The van der Waals surface area contributed by atoms with Crippen molar-refractivity contribution in [2.75, 3.05) is 38.8 Å². The number of allylic oxidation sites excluding steroid dienone is 4. The van der Waals surface area contributed by atoms with Crippen molar-refractivity contribution in [3.63, 3.8) is 0 Å². The minimum absolute atomic E-state index is 0.0213. The lowest BCUT2D eigenvalue weighted by molar-refractivity contribution is -0.129. The summed E-state index contributed by atoms with van der Waals surface area (Å²) in [5.41, 5.74) is 4.17. The molecule has 1 heterocycles. The Hall–Kier alpha value is -3.43. The van der Waals surface area contributed by atoms with Gasteiger partial charge in [0.25, 0.3) is 5.19 Å². The summed E-state index contributed by atoms with van der Waals surface area (Å²) in [7, 11) is 3.31. The summed E-state index contributed by atoms with van der Waals surface area (Å²) >= 11 is 1.48. The minimum atomic E-state index is -0.120. The molecule has 0 bridgehead atoms. The quantitative estimate of drug-likeness (QED) is 0.183. The molecule has 0 aliphatic heterocycles. The van der Waals surface area contributed by atoms with Gasteiger partial charge in [-0.1, -0.05) is 41.7 Å². The first-order valence-electron chi connectivity index (χ1n) is 16.1. The highest BCUT2D eigenvalue weighted by Gasteiger charge is 2.34. The molecule has 0 radical (unpaired) electrons. The Labute approximate surface area is 272 Å².